The maximum Gasteiger partial charge on any atom is 0.0236 e. The van der Waals surface area contributed by atoms with E-state index in [1.54, 1.807) is 0 Å². The second-order valence-corrected chi connectivity index (χ2v) is 6.20. The quantitative estimate of drug-likeness (QED) is 0.850. The van der Waals surface area contributed by atoms with Crippen LogP contribution in [0.4, 0.5) is 0 Å². The van der Waals surface area contributed by atoms with E-state index in [4.69, 9.17) is 5.73 Å². The first-order chi connectivity index (χ1) is 9.20. The fraction of sp³-hybridized carbons (Fsp3) is 0.647. The summed E-state index contributed by atoms with van der Waals surface area (Å²) in [5, 5.41) is 0. The van der Waals surface area contributed by atoms with Crippen LogP contribution in [0.3, 0.4) is 0 Å². The first-order valence-electron chi connectivity index (χ1n) is 7.68. The Labute approximate surface area is 118 Å². The molecule has 0 saturated heterocycles. The summed E-state index contributed by atoms with van der Waals surface area (Å²) < 4.78 is 0. The number of hydrogen-bond acceptors (Lipinski definition) is 2. The summed E-state index contributed by atoms with van der Waals surface area (Å²) in [6, 6.07) is 11.4. The third-order valence-electron chi connectivity index (χ3n) is 4.55. The van der Waals surface area contributed by atoms with Gasteiger partial charge in [-0.2, -0.15) is 0 Å². The Balaban J connectivity index is 1.96. The van der Waals surface area contributed by atoms with Gasteiger partial charge in [0.1, 0.15) is 0 Å². The summed E-state index contributed by atoms with van der Waals surface area (Å²) >= 11 is 0. The Morgan fingerprint density at radius 1 is 1.16 bits per heavy atom. The van der Waals surface area contributed by atoms with Crippen molar-refractivity contribution in [1.29, 1.82) is 0 Å². The summed E-state index contributed by atoms with van der Waals surface area (Å²) in [4.78, 5) is 2.61. The van der Waals surface area contributed by atoms with Crippen LogP contribution in [-0.4, -0.2) is 24.0 Å². The Bertz CT molecular complexity index is 361. The molecule has 1 aliphatic carbocycles. The van der Waals surface area contributed by atoms with E-state index < -0.39 is 0 Å². The Morgan fingerprint density at radius 3 is 2.47 bits per heavy atom. The average Bonchev–Trinajstić information content (AvgIpc) is 2.86. The molecular weight excluding hydrogens is 232 g/mol. The molecule has 1 aromatic carbocycles. The van der Waals surface area contributed by atoms with E-state index in [2.05, 4.69) is 49.1 Å². The van der Waals surface area contributed by atoms with E-state index in [-0.39, 0.29) is 0 Å². The van der Waals surface area contributed by atoms with Crippen LogP contribution in [0, 0.1) is 11.8 Å². The molecule has 2 N–H and O–H groups in total. The topological polar surface area (TPSA) is 29.3 Å². The highest BCUT2D eigenvalue weighted by Crippen LogP contribution is 2.32. The standard InChI is InChI=1S/C17H28N2/c1-14(2)19(12-15-7-4-3-5-8-15)13-17-10-6-9-16(17)11-18/h3-5,7-8,14,16-17H,6,9-13,18H2,1-2H3. The van der Waals surface area contributed by atoms with Gasteiger partial charge < -0.3 is 5.73 Å². The van der Waals surface area contributed by atoms with Crippen molar-refractivity contribution in [3.05, 3.63) is 35.9 Å². The number of rotatable bonds is 6. The molecule has 0 aliphatic heterocycles. The Kier molecular flexibility index (Phi) is 5.41. The van der Waals surface area contributed by atoms with Crippen LogP contribution in [0.15, 0.2) is 30.3 Å². The summed E-state index contributed by atoms with van der Waals surface area (Å²) in [6.07, 6.45) is 4.06. The van der Waals surface area contributed by atoms with Gasteiger partial charge in [-0.05, 0) is 50.6 Å². The maximum atomic E-state index is 5.91. The van der Waals surface area contributed by atoms with Crippen molar-refractivity contribution >= 4 is 0 Å². The molecule has 0 bridgehead atoms. The fourth-order valence-corrected chi connectivity index (χ4v) is 3.24. The minimum Gasteiger partial charge on any atom is -0.330 e. The molecule has 106 valence electrons. The number of nitrogens with two attached hydrogens (primary N) is 1. The van der Waals surface area contributed by atoms with Crippen LogP contribution < -0.4 is 5.73 Å². The molecule has 0 radical (unpaired) electrons. The number of nitrogens with zero attached hydrogens (tertiary/aromatic N) is 1. The maximum absolute atomic E-state index is 5.91. The van der Waals surface area contributed by atoms with Gasteiger partial charge in [-0.25, -0.2) is 0 Å². The van der Waals surface area contributed by atoms with Crippen molar-refractivity contribution in [1.82, 2.24) is 4.90 Å². The monoisotopic (exact) mass is 260 g/mol. The van der Waals surface area contributed by atoms with Crippen molar-refractivity contribution in [2.45, 2.75) is 45.7 Å². The molecule has 2 heteroatoms. The molecule has 19 heavy (non-hydrogen) atoms. The first-order valence-corrected chi connectivity index (χ1v) is 7.68. The lowest BCUT2D eigenvalue weighted by Gasteiger charge is -2.31. The molecule has 2 nitrogen and oxygen atoms in total. The molecular formula is C17H28N2. The highest BCUT2D eigenvalue weighted by Gasteiger charge is 2.28. The second-order valence-electron chi connectivity index (χ2n) is 6.20. The van der Waals surface area contributed by atoms with Crippen molar-refractivity contribution in [2.24, 2.45) is 17.6 Å². The molecule has 1 saturated carbocycles. The van der Waals surface area contributed by atoms with Crippen LogP contribution in [-0.2, 0) is 6.54 Å². The third kappa shape index (κ3) is 4.05. The SMILES string of the molecule is CC(C)N(Cc1ccccc1)CC1CCCC1CN. The lowest BCUT2D eigenvalue weighted by Crippen LogP contribution is -2.37. The Hall–Kier alpha value is -0.860. The molecule has 0 aromatic heterocycles. The van der Waals surface area contributed by atoms with Crippen molar-refractivity contribution in [3.8, 4) is 0 Å². The van der Waals surface area contributed by atoms with Gasteiger partial charge in [-0.1, -0.05) is 36.8 Å². The number of hydrogen-bond donors (Lipinski definition) is 1. The highest BCUT2D eigenvalue weighted by atomic mass is 15.1. The molecule has 2 rings (SSSR count). The highest BCUT2D eigenvalue weighted by molar-refractivity contribution is 5.14. The predicted molar refractivity (Wildman–Crippen MR) is 81.9 cm³/mol. The lowest BCUT2D eigenvalue weighted by atomic mass is 9.95. The molecule has 2 unspecified atom stereocenters. The molecule has 1 aromatic rings. The molecule has 0 heterocycles. The van der Waals surface area contributed by atoms with E-state index in [0.29, 0.717) is 6.04 Å². The van der Waals surface area contributed by atoms with Gasteiger partial charge in [-0.15, -0.1) is 0 Å². The smallest absolute Gasteiger partial charge is 0.0236 e. The van der Waals surface area contributed by atoms with Gasteiger partial charge in [0.25, 0.3) is 0 Å². The summed E-state index contributed by atoms with van der Waals surface area (Å²) in [5.41, 5.74) is 7.33. The zero-order valence-electron chi connectivity index (χ0n) is 12.4. The van der Waals surface area contributed by atoms with Gasteiger partial charge in [0.2, 0.25) is 0 Å². The van der Waals surface area contributed by atoms with Crippen LogP contribution in [0.1, 0.15) is 38.7 Å². The van der Waals surface area contributed by atoms with Gasteiger partial charge in [0, 0.05) is 19.1 Å². The van der Waals surface area contributed by atoms with Crippen molar-refractivity contribution in [3.63, 3.8) is 0 Å². The van der Waals surface area contributed by atoms with Crippen LogP contribution in [0.2, 0.25) is 0 Å². The molecule has 2 atom stereocenters. The van der Waals surface area contributed by atoms with Crippen molar-refractivity contribution < 1.29 is 0 Å². The Morgan fingerprint density at radius 2 is 1.84 bits per heavy atom. The second kappa shape index (κ2) is 7.06. The number of benzene rings is 1. The zero-order valence-corrected chi connectivity index (χ0v) is 12.4. The fourth-order valence-electron chi connectivity index (χ4n) is 3.24. The molecule has 1 fully saturated rings. The minimum absolute atomic E-state index is 0.597. The van der Waals surface area contributed by atoms with E-state index in [1.165, 1.54) is 31.4 Å². The van der Waals surface area contributed by atoms with Crippen molar-refractivity contribution in [2.75, 3.05) is 13.1 Å². The predicted octanol–water partition coefficient (Wildman–Crippen LogP) is 3.27. The minimum atomic E-state index is 0.597. The van der Waals surface area contributed by atoms with Gasteiger partial charge in [-0.3, -0.25) is 4.90 Å². The van der Waals surface area contributed by atoms with E-state index in [0.717, 1.165) is 24.9 Å². The lowest BCUT2D eigenvalue weighted by molar-refractivity contribution is 0.162. The molecule has 0 amide bonds. The van der Waals surface area contributed by atoms with E-state index in [9.17, 15) is 0 Å². The largest absolute Gasteiger partial charge is 0.330 e. The van der Waals surface area contributed by atoms with Crippen LogP contribution in [0.25, 0.3) is 0 Å². The molecule has 0 spiro atoms. The van der Waals surface area contributed by atoms with Gasteiger partial charge >= 0.3 is 0 Å². The normalized spacial score (nSPS) is 23.4. The summed E-state index contributed by atoms with van der Waals surface area (Å²) in [7, 11) is 0. The zero-order chi connectivity index (χ0) is 13.7. The molecule has 1 aliphatic rings. The van der Waals surface area contributed by atoms with E-state index >= 15 is 0 Å². The summed E-state index contributed by atoms with van der Waals surface area (Å²) in [5.74, 6) is 1.55. The average molecular weight is 260 g/mol. The third-order valence-corrected chi connectivity index (χ3v) is 4.55. The van der Waals surface area contributed by atoms with E-state index in [1.807, 2.05) is 0 Å². The van der Waals surface area contributed by atoms with Crippen LogP contribution in [0.5, 0.6) is 0 Å². The van der Waals surface area contributed by atoms with Crippen LogP contribution >= 0.6 is 0 Å². The first kappa shape index (κ1) is 14.5. The van der Waals surface area contributed by atoms with Gasteiger partial charge in [0.15, 0.2) is 0 Å². The van der Waals surface area contributed by atoms with Gasteiger partial charge in [0.05, 0.1) is 0 Å². The summed E-state index contributed by atoms with van der Waals surface area (Å²) in [6.45, 7) is 7.73.